The number of H-pyrrole nitrogens is 1. The zero-order valence-corrected chi connectivity index (χ0v) is 16.4. The van der Waals surface area contributed by atoms with Gasteiger partial charge in [-0.3, -0.25) is 15.0 Å². The lowest BCUT2D eigenvalue weighted by Crippen LogP contribution is -2.34. The highest BCUT2D eigenvalue weighted by atomic mass is 16.2. The molecular formula is C24H22N4O2. The first kappa shape index (κ1) is 19.4. The number of hydrogen-bond donors (Lipinski definition) is 3. The average Bonchev–Trinajstić information content (AvgIpc) is 2.79. The molecule has 0 fully saturated rings. The Kier molecular flexibility index (Phi) is 5.30. The molecule has 3 aromatic rings. The van der Waals surface area contributed by atoms with Gasteiger partial charge in [-0.25, -0.2) is 0 Å². The van der Waals surface area contributed by atoms with E-state index < -0.39 is 0 Å². The summed E-state index contributed by atoms with van der Waals surface area (Å²) in [6.07, 6.45) is 4.48. The molecule has 0 radical (unpaired) electrons. The normalized spacial score (nSPS) is 13.6. The van der Waals surface area contributed by atoms with Crippen molar-refractivity contribution in [2.45, 2.75) is 6.42 Å². The summed E-state index contributed by atoms with van der Waals surface area (Å²) < 4.78 is 0. The Bertz CT molecular complexity index is 1170. The number of carbonyl (C=O) groups excluding carboxylic acids is 1. The summed E-state index contributed by atoms with van der Waals surface area (Å²) in [5.41, 5.74) is 10.8. The highest BCUT2D eigenvalue weighted by Crippen LogP contribution is 2.25. The second-order valence-corrected chi connectivity index (χ2v) is 7.24. The number of nitrogens with one attached hydrogen (secondary N) is 2. The van der Waals surface area contributed by atoms with E-state index in [2.05, 4.69) is 11.1 Å². The molecule has 4 N–H and O–H groups in total. The maximum atomic E-state index is 12.9. The third-order valence-electron chi connectivity index (χ3n) is 5.29. The summed E-state index contributed by atoms with van der Waals surface area (Å²) in [7, 11) is 0. The van der Waals surface area contributed by atoms with Crippen LogP contribution in [0.4, 0.5) is 0 Å². The fourth-order valence-corrected chi connectivity index (χ4v) is 3.58. The number of hydrogen-bond acceptors (Lipinski definition) is 3. The van der Waals surface area contributed by atoms with Crippen LogP contribution in [0, 0.1) is 5.41 Å². The molecule has 2 aromatic carbocycles. The van der Waals surface area contributed by atoms with Gasteiger partial charge in [0.05, 0.1) is 0 Å². The van der Waals surface area contributed by atoms with Crippen molar-refractivity contribution in [3.8, 4) is 11.1 Å². The van der Waals surface area contributed by atoms with E-state index >= 15 is 0 Å². The molecule has 1 aliphatic rings. The molecule has 1 aromatic heterocycles. The average molecular weight is 398 g/mol. The van der Waals surface area contributed by atoms with Gasteiger partial charge in [0, 0.05) is 36.5 Å². The molecule has 0 atom stereocenters. The first-order chi connectivity index (χ1) is 14.5. The number of nitrogens with two attached hydrogens (primary N) is 1. The topological polar surface area (TPSA) is 103 Å². The first-order valence-electron chi connectivity index (χ1n) is 9.73. The maximum Gasteiger partial charge on any atom is 0.254 e. The van der Waals surface area contributed by atoms with E-state index in [9.17, 15) is 9.59 Å². The van der Waals surface area contributed by atoms with Gasteiger partial charge in [-0.1, -0.05) is 36.4 Å². The summed E-state index contributed by atoms with van der Waals surface area (Å²) in [4.78, 5) is 28.6. The second-order valence-electron chi connectivity index (χ2n) is 7.24. The minimum Gasteiger partial charge on any atom is -0.384 e. The molecule has 0 unspecified atom stereocenters. The summed E-state index contributed by atoms with van der Waals surface area (Å²) in [5, 5.41) is 7.60. The van der Waals surface area contributed by atoms with Crippen LogP contribution in [0.3, 0.4) is 0 Å². The molecule has 1 aliphatic heterocycles. The van der Waals surface area contributed by atoms with E-state index in [1.54, 1.807) is 12.3 Å². The monoisotopic (exact) mass is 398 g/mol. The van der Waals surface area contributed by atoms with Gasteiger partial charge in [0.2, 0.25) is 5.56 Å². The zero-order chi connectivity index (χ0) is 21.1. The van der Waals surface area contributed by atoms with Crippen LogP contribution in [0.5, 0.6) is 0 Å². The molecule has 6 nitrogen and oxygen atoms in total. The van der Waals surface area contributed by atoms with Crippen LogP contribution >= 0.6 is 0 Å². The lowest BCUT2D eigenvalue weighted by Gasteiger charge is -2.27. The first-order valence-corrected chi connectivity index (χ1v) is 9.73. The van der Waals surface area contributed by atoms with Crippen LogP contribution in [0.15, 0.2) is 77.7 Å². The Hall–Kier alpha value is -3.93. The van der Waals surface area contributed by atoms with Crippen molar-refractivity contribution in [3.05, 3.63) is 100.0 Å². The molecule has 0 spiro atoms. The van der Waals surface area contributed by atoms with Gasteiger partial charge >= 0.3 is 0 Å². The van der Waals surface area contributed by atoms with Crippen molar-refractivity contribution in [1.29, 1.82) is 5.41 Å². The van der Waals surface area contributed by atoms with Gasteiger partial charge in [0.25, 0.3) is 5.91 Å². The van der Waals surface area contributed by atoms with E-state index in [1.165, 1.54) is 6.07 Å². The number of aromatic amines is 1. The number of nitrogens with zero attached hydrogens (tertiary/aromatic N) is 1. The zero-order valence-electron chi connectivity index (χ0n) is 16.4. The van der Waals surface area contributed by atoms with Crippen LogP contribution in [0.1, 0.15) is 27.9 Å². The summed E-state index contributed by atoms with van der Waals surface area (Å²) in [6, 6.07) is 18.3. The van der Waals surface area contributed by atoms with Gasteiger partial charge in [-0.05, 0) is 52.9 Å². The van der Waals surface area contributed by atoms with Gasteiger partial charge in [0.1, 0.15) is 5.84 Å². The highest BCUT2D eigenvalue weighted by Gasteiger charge is 2.19. The Morgan fingerprint density at radius 1 is 0.967 bits per heavy atom. The molecule has 30 heavy (non-hydrogen) atoms. The molecule has 2 heterocycles. The van der Waals surface area contributed by atoms with Crippen LogP contribution in [0.2, 0.25) is 0 Å². The van der Waals surface area contributed by atoms with Crippen LogP contribution in [-0.4, -0.2) is 34.7 Å². The Labute approximate surface area is 174 Å². The highest BCUT2D eigenvalue weighted by molar-refractivity contribution is 5.96. The Morgan fingerprint density at radius 2 is 1.73 bits per heavy atom. The number of carbonyl (C=O) groups is 1. The molecular weight excluding hydrogens is 376 g/mol. The SMILES string of the molecule is N=C(N)c1cccc(C2=CCN(C(=O)c3ccc(-c4ccc(=O)[nH]c4)cc3)CC2)c1. The quantitative estimate of drug-likeness (QED) is 0.464. The van der Waals surface area contributed by atoms with Gasteiger partial charge in [-0.15, -0.1) is 0 Å². The number of amides is 1. The summed E-state index contributed by atoms with van der Waals surface area (Å²) in [6.45, 7) is 1.18. The van der Waals surface area contributed by atoms with Gasteiger partial charge < -0.3 is 15.6 Å². The number of nitrogen functional groups attached to an aromatic ring is 1. The Balaban J connectivity index is 1.46. The van der Waals surface area contributed by atoms with Crippen LogP contribution in [-0.2, 0) is 0 Å². The lowest BCUT2D eigenvalue weighted by molar-refractivity contribution is 0.0773. The largest absolute Gasteiger partial charge is 0.384 e. The molecule has 0 bridgehead atoms. The molecule has 6 heteroatoms. The van der Waals surface area contributed by atoms with Crippen molar-refractivity contribution in [2.75, 3.05) is 13.1 Å². The van der Waals surface area contributed by atoms with E-state index in [0.29, 0.717) is 24.2 Å². The molecule has 0 saturated carbocycles. The second kappa shape index (κ2) is 8.21. The number of pyridine rings is 1. The number of benzene rings is 2. The van der Waals surface area contributed by atoms with Crippen molar-refractivity contribution >= 4 is 17.3 Å². The molecule has 0 saturated heterocycles. The van der Waals surface area contributed by atoms with Crippen LogP contribution < -0.4 is 11.3 Å². The van der Waals surface area contributed by atoms with E-state index in [1.807, 2.05) is 53.4 Å². The van der Waals surface area contributed by atoms with Crippen LogP contribution in [0.25, 0.3) is 16.7 Å². The summed E-state index contributed by atoms with van der Waals surface area (Å²) in [5.74, 6) is 0.0474. The smallest absolute Gasteiger partial charge is 0.254 e. The maximum absolute atomic E-state index is 12.9. The van der Waals surface area contributed by atoms with Gasteiger partial charge in [0.15, 0.2) is 0 Å². The number of amidine groups is 1. The van der Waals surface area contributed by atoms with Crippen molar-refractivity contribution in [1.82, 2.24) is 9.88 Å². The minimum atomic E-state index is -0.143. The number of rotatable bonds is 4. The molecule has 150 valence electrons. The van der Waals surface area contributed by atoms with Crippen molar-refractivity contribution in [2.24, 2.45) is 5.73 Å². The minimum absolute atomic E-state index is 0.00388. The van der Waals surface area contributed by atoms with Crippen molar-refractivity contribution in [3.63, 3.8) is 0 Å². The predicted molar refractivity (Wildman–Crippen MR) is 118 cm³/mol. The number of aromatic nitrogens is 1. The molecule has 1 amide bonds. The third kappa shape index (κ3) is 4.07. The lowest BCUT2D eigenvalue weighted by atomic mass is 9.97. The van der Waals surface area contributed by atoms with Gasteiger partial charge in [-0.2, -0.15) is 0 Å². The standard InChI is InChI=1S/C24H22N4O2/c25-23(26)20-3-1-2-19(14-20)17-10-12-28(13-11-17)24(30)18-6-4-16(5-7-18)21-8-9-22(29)27-15-21/h1-10,14-15H,11-13H2,(H3,25,26)(H,27,29). The summed E-state index contributed by atoms with van der Waals surface area (Å²) >= 11 is 0. The fourth-order valence-electron chi connectivity index (χ4n) is 3.58. The van der Waals surface area contributed by atoms with Crippen molar-refractivity contribution < 1.29 is 4.79 Å². The Morgan fingerprint density at radius 3 is 2.37 bits per heavy atom. The predicted octanol–water partition coefficient (Wildman–Crippen LogP) is 3.26. The van der Waals surface area contributed by atoms with E-state index in [0.717, 1.165) is 28.7 Å². The third-order valence-corrected chi connectivity index (χ3v) is 5.29. The fraction of sp³-hybridized carbons (Fsp3) is 0.125. The van der Waals surface area contributed by atoms with E-state index in [4.69, 9.17) is 11.1 Å². The molecule has 4 rings (SSSR count). The van der Waals surface area contributed by atoms with E-state index in [-0.39, 0.29) is 17.3 Å². The molecule has 0 aliphatic carbocycles.